The SMILES string of the molecule is O=C(Nc1ccc(C(F)(F)F)cc1)Nc1ccc2c(c1)N(C(=O)c1ccco1)CC2. The summed E-state index contributed by atoms with van der Waals surface area (Å²) in [7, 11) is 0. The van der Waals surface area contributed by atoms with Gasteiger partial charge >= 0.3 is 12.2 Å². The molecule has 9 heteroatoms. The van der Waals surface area contributed by atoms with Crippen LogP contribution in [0.4, 0.5) is 35.0 Å². The molecule has 0 radical (unpaired) electrons. The zero-order valence-electron chi connectivity index (χ0n) is 15.5. The number of carbonyl (C=O) groups excluding carboxylic acids is 2. The Balaban J connectivity index is 1.45. The number of benzene rings is 2. The number of amides is 3. The number of nitrogens with one attached hydrogen (secondary N) is 2. The second kappa shape index (κ2) is 7.58. The van der Waals surface area contributed by atoms with E-state index >= 15 is 0 Å². The number of anilines is 3. The number of hydrogen-bond donors (Lipinski definition) is 2. The molecule has 2 aromatic carbocycles. The minimum Gasteiger partial charge on any atom is -0.459 e. The average molecular weight is 415 g/mol. The summed E-state index contributed by atoms with van der Waals surface area (Å²) in [6, 6.07) is 11.9. The van der Waals surface area contributed by atoms with E-state index in [0.29, 0.717) is 24.3 Å². The number of nitrogens with zero attached hydrogens (tertiary/aromatic N) is 1. The molecule has 0 aliphatic carbocycles. The maximum Gasteiger partial charge on any atom is 0.416 e. The van der Waals surface area contributed by atoms with Gasteiger partial charge in [-0.3, -0.25) is 4.79 Å². The van der Waals surface area contributed by atoms with E-state index in [-0.39, 0.29) is 17.4 Å². The highest BCUT2D eigenvalue weighted by molar-refractivity contribution is 6.06. The molecule has 3 amide bonds. The van der Waals surface area contributed by atoms with Gasteiger partial charge in [0.1, 0.15) is 0 Å². The van der Waals surface area contributed by atoms with Crippen LogP contribution in [0.1, 0.15) is 21.7 Å². The van der Waals surface area contributed by atoms with Crippen molar-refractivity contribution in [1.82, 2.24) is 0 Å². The summed E-state index contributed by atoms with van der Waals surface area (Å²) in [6.45, 7) is 0.496. The zero-order chi connectivity index (χ0) is 21.3. The van der Waals surface area contributed by atoms with Crippen LogP contribution in [0.2, 0.25) is 0 Å². The van der Waals surface area contributed by atoms with Crippen LogP contribution in [-0.4, -0.2) is 18.5 Å². The molecule has 0 saturated heterocycles. The zero-order valence-corrected chi connectivity index (χ0v) is 15.5. The van der Waals surface area contributed by atoms with Gasteiger partial charge in [0.05, 0.1) is 11.8 Å². The molecular formula is C21H16F3N3O3. The Bertz CT molecular complexity index is 1080. The molecule has 30 heavy (non-hydrogen) atoms. The molecule has 0 unspecified atom stereocenters. The highest BCUT2D eigenvalue weighted by atomic mass is 19.4. The molecule has 3 aromatic rings. The van der Waals surface area contributed by atoms with Crippen LogP contribution in [0.15, 0.2) is 65.3 Å². The van der Waals surface area contributed by atoms with Gasteiger partial charge in [-0.15, -0.1) is 0 Å². The molecule has 1 aliphatic heterocycles. The van der Waals surface area contributed by atoms with Crippen molar-refractivity contribution in [3.63, 3.8) is 0 Å². The first-order valence-corrected chi connectivity index (χ1v) is 9.05. The van der Waals surface area contributed by atoms with Crippen molar-refractivity contribution in [2.24, 2.45) is 0 Å². The van der Waals surface area contributed by atoms with E-state index in [1.54, 1.807) is 29.2 Å². The maximum absolute atomic E-state index is 12.6. The Kier molecular flexibility index (Phi) is 4.94. The average Bonchev–Trinajstić information content (AvgIpc) is 3.37. The molecule has 154 valence electrons. The van der Waals surface area contributed by atoms with E-state index in [0.717, 1.165) is 17.7 Å². The molecule has 0 bridgehead atoms. The normalized spacial score (nSPS) is 13.1. The largest absolute Gasteiger partial charge is 0.459 e. The number of fused-ring (bicyclic) bond motifs is 1. The number of alkyl halides is 3. The van der Waals surface area contributed by atoms with E-state index in [1.807, 2.05) is 6.07 Å². The first-order valence-electron chi connectivity index (χ1n) is 9.05. The number of urea groups is 1. The van der Waals surface area contributed by atoms with Crippen molar-refractivity contribution >= 4 is 29.0 Å². The number of halogens is 3. The first kappa shape index (κ1) is 19.6. The third-order valence-corrected chi connectivity index (χ3v) is 4.69. The number of furan rings is 1. The molecule has 2 heterocycles. The van der Waals surface area contributed by atoms with Crippen molar-refractivity contribution in [2.45, 2.75) is 12.6 Å². The summed E-state index contributed by atoms with van der Waals surface area (Å²) in [4.78, 5) is 26.4. The fourth-order valence-corrected chi connectivity index (χ4v) is 3.24. The van der Waals surface area contributed by atoms with Gasteiger partial charge in [-0.25, -0.2) is 4.79 Å². The Morgan fingerprint density at radius 2 is 1.67 bits per heavy atom. The van der Waals surface area contributed by atoms with Crippen molar-refractivity contribution in [1.29, 1.82) is 0 Å². The lowest BCUT2D eigenvalue weighted by Crippen LogP contribution is -2.28. The summed E-state index contributed by atoms with van der Waals surface area (Å²) in [5.74, 6) is -0.0497. The van der Waals surface area contributed by atoms with Crippen LogP contribution in [0.3, 0.4) is 0 Å². The molecule has 2 N–H and O–H groups in total. The van der Waals surface area contributed by atoms with Gasteiger partial charge in [0.15, 0.2) is 5.76 Å². The minimum atomic E-state index is -4.44. The Labute approximate surface area is 169 Å². The molecule has 1 aliphatic rings. The lowest BCUT2D eigenvalue weighted by molar-refractivity contribution is -0.137. The predicted octanol–water partition coefficient (Wildman–Crippen LogP) is 5.15. The molecule has 0 spiro atoms. The summed E-state index contributed by atoms with van der Waals surface area (Å²) < 4.78 is 43.0. The van der Waals surface area contributed by atoms with Gasteiger partial charge in [0.2, 0.25) is 0 Å². The Hall–Kier alpha value is -3.75. The Morgan fingerprint density at radius 1 is 0.967 bits per heavy atom. The monoisotopic (exact) mass is 415 g/mol. The van der Waals surface area contributed by atoms with Gasteiger partial charge in [0.25, 0.3) is 5.91 Å². The third-order valence-electron chi connectivity index (χ3n) is 4.69. The molecular weight excluding hydrogens is 399 g/mol. The summed E-state index contributed by atoms with van der Waals surface area (Å²) in [5.41, 5.74) is 1.49. The van der Waals surface area contributed by atoms with Crippen LogP contribution < -0.4 is 15.5 Å². The highest BCUT2D eigenvalue weighted by Gasteiger charge is 2.30. The quantitative estimate of drug-likeness (QED) is 0.622. The molecule has 6 nitrogen and oxygen atoms in total. The lowest BCUT2D eigenvalue weighted by atomic mass is 10.1. The van der Waals surface area contributed by atoms with Gasteiger partial charge in [-0.1, -0.05) is 6.07 Å². The highest BCUT2D eigenvalue weighted by Crippen LogP contribution is 2.32. The van der Waals surface area contributed by atoms with Crippen LogP contribution in [0, 0.1) is 0 Å². The van der Waals surface area contributed by atoms with Crippen molar-refractivity contribution < 1.29 is 27.2 Å². The Morgan fingerprint density at radius 3 is 2.33 bits per heavy atom. The lowest BCUT2D eigenvalue weighted by Gasteiger charge is -2.17. The second-order valence-corrected chi connectivity index (χ2v) is 6.68. The molecule has 0 saturated carbocycles. The van der Waals surface area contributed by atoms with E-state index in [4.69, 9.17) is 4.42 Å². The minimum absolute atomic E-state index is 0.219. The number of hydrogen-bond acceptors (Lipinski definition) is 3. The molecule has 4 rings (SSSR count). The van der Waals surface area contributed by atoms with Gasteiger partial charge in [0, 0.05) is 23.6 Å². The van der Waals surface area contributed by atoms with Crippen LogP contribution >= 0.6 is 0 Å². The number of carbonyl (C=O) groups is 2. The second-order valence-electron chi connectivity index (χ2n) is 6.68. The van der Waals surface area contributed by atoms with Gasteiger partial charge < -0.3 is 20.0 Å². The molecule has 1 aromatic heterocycles. The predicted molar refractivity (Wildman–Crippen MR) is 105 cm³/mol. The topological polar surface area (TPSA) is 74.6 Å². The standard InChI is InChI=1S/C21H16F3N3O3/c22-21(23,24)14-4-7-15(8-5-14)25-20(29)26-16-6-3-13-9-10-27(17(13)12-16)19(28)18-2-1-11-30-18/h1-8,11-12H,9-10H2,(H2,25,26,29). The van der Waals surface area contributed by atoms with E-state index < -0.39 is 17.8 Å². The van der Waals surface area contributed by atoms with Crippen LogP contribution in [0.25, 0.3) is 0 Å². The smallest absolute Gasteiger partial charge is 0.416 e. The van der Waals surface area contributed by atoms with Crippen molar-refractivity contribution in [3.05, 3.63) is 77.7 Å². The first-order chi connectivity index (χ1) is 14.3. The van der Waals surface area contributed by atoms with E-state index in [2.05, 4.69) is 10.6 Å². The molecule has 0 fully saturated rings. The van der Waals surface area contributed by atoms with Crippen molar-refractivity contribution in [2.75, 3.05) is 22.1 Å². The summed E-state index contributed by atoms with van der Waals surface area (Å²) >= 11 is 0. The molecule has 0 atom stereocenters. The summed E-state index contributed by atoms with van der Waals surface area (Å²) in [6.07, 6.45) is -2.34. The maximum atomic E-state index is 12.6. The van der Waals surface area contributed by atoms with Crippen LogP contribution in [0.5, 0.6) is 0 Å². The van der Waals surface area contributed by atoms with Gasteiger partial charge in [-0.2, -0.15) is 13.2 Å². The third kappa shape index (κ3) is 4.00. The van der Waals surface area contributed by atoms with Gasteiger partial charge in [-0.05, 0) is 60.5 Å². The summed E-state index contributed by atoms with van der Waals surface area (Å²) in [5, 5.41) is 5.11. The van der Waals surface area contributed by atoms with Crippen LogP contribution in [-0.2, 0) is 12.6 Å². The fourth-order valence-electron chi connectivity index (χ4n) is 3.24. The van der Waals surface area contributed by atoms with Crippen molar-refractivity contribution in [3.8, 4) is 0 Å². The van der Waals surface area contributed by atoms with E-state index in [9.17, 15) is 22.8 Å². The van der Waals surface area contributed by atoms with E-state index in [1.165, 1.54) is 18.4 Å². The fraction of sp³-hybridized carbons (Fsp3) is 0.143. The number of rotatable bonds is 3.